The van der Waals surface area contributed by atoms with E-state index < -0.39 is 17.5 Å². The van der Waals surface area contributed by atoms with Crippen molar-refractivity contribution in [2.45, 2.75) is 6.92 Å². The molecule has 0 aliphatic heterocycles. The molecule has 0 fully saturated rings. The lowest BCUT2D eigenvalue weighted by atomic mass is 10.2. The van der Waals surface area contributed by atoms with Crippen molar-refractivity contribution in [3.63, 3.8) is 0 Å². The van der Waals surface area contributed by atoms with Crippen LogP contribution in [0.1, 0.15) is 17.3 Å². The molecule has 2 aromatic carbocycles. The highest BCUT2D eigenvalue weighted by Crippen LogP contribution is 2.21. The predicted molar refractivity (Wildman–Crippen MR) is 100 cm³/mol. The van der Waals surface area contributed by atoms with E-state index in [0.29, 0.717) is 11.4 Å². The van der Waals surface area contributed by atoms with Gasteiger partial charge in [0, 0.05) is 30.7 Å². The van der Waals surface area contributed by atoms with E-state index in [1.807, 2.05) is 0 Å². The number of anilines is 4. The maximum atomic E-state index is 13.6. The first kappa shape index (κ1) is 18.9. The number of nitrogens with one attached hydrogen (secondary N) is 3. The number of para-hydroxylation sites is 1. The van der Waals surface area contributed by atoms with Gasteiger partial charge in [0.25, 0.3) is 5.91 Å². The monoisotopic (exact) mass is 383 g/mol. The molecule has 0 atom stereocenters. The maximum Gasteiger partial charge on any atom is 0.258 e. The van der Waals surface area contributed by atoms with Crippen molar-refractivity contribution in [1.82, 2.24) is 9.97 Å². The summed E-state index contributed by atoms with van der Waals surface area (Å²) in [7, 11) is 0. The van der Waals surface area contributed by atoms with Crippen molar-refractivity contribution in [2.24, 2.45) is 0 Å². The second-order valence-electron chi connectivity index (χ2n) is 5.73. The average molecular weight is 383 g/mol. The molecule has 0 saturated carbocycles. The van der Waals surface area contributed by atoms with Gasteiger partial charge in [0.05, 0.1) is 5.56 Å². The van der Waals surface area contributed by atoms with Crippen LogP contribution >= 0.6 is 0 Å². The summed E-state index contributed by atoms with van der Waals surface area (Å²) in [4.78, 5) is 31.1. The lowest BCUT2D eigenvalue weighted by Crippen LogP contribution is -2.13. The quantitative estimate of drug-likeness (QED) is 0.624. The van der Waals surface area contributed by atoms with Gasteiger partial charge in [-0.2, -0.15) is 0 Å². The minimum absolute atomic E-state index is 0.0554. The topological polar surface area (TPSA) is 96.0 Å². The van der Waals surface area contributed by atoms with Gasteiger partial charge in [-0.1, -0.05) is 6.07 Å². The highest BCUT2D eigenvalue weighted by atomic mass is 19.1. The number of halogens is 2. The van der Waals surface area contributed by atoms with Crippen LogP contribution in [-0.4, -0.2) is 21.8 Å². The van der Waals surface area contributed by atoms with E-state index in [1.165, 1.54) is 25.4 Å². The number of carbonyl (C=O) groups excluding carboxylic acids is 2. The fraction of sp³-hybridized carbons (Fsp3) is 0.0526. The molecular formula is C19H15F2N5O2. The Bertz CT molecular complexity index is 988. The molecule has 0 radical (unpaired) electrons. The van der Waals surface area contributed by atoms with Gasteiger partial charge in [0.1, 0.15) is 17.3 Å². The summed E-state index contributed by atoms with van der Waals surface area (Å²) in [5.74, 6) is -2.28. The lowest BCUT2D eigenvalue weighted by molar-refractivity contribution is -0.114. The zero-order valence-electron chi connectivity index (χ0n) is 14.7. The molecule has 0 bridgehead atoms. The Morgan fingerprint density at radius 3 is 1.93 bits per heavy atom. The van der Waals surface area contributed by atoms with Gasteiger partial charge in [-0.05, 0) is 36.4 Å². The average Bonchev–Trinajstić information content (AvgIpc) is 2.66. The smallest absolute Gasteiger partial charge is 0.258 e. The van der Waals surface area contributed by atoms with Crippen molar-refractivity contribution in [3.8, 4) is 0 Å². The first-order valence-electron chi connectivity index (χ1n) is 8.14. The van der Waals surface area contributed by atoms with E-state index in [2.05, 4.69) is 25.9 Å². The SMILES string of the molecule is CC(=O)Nc1ccc(NC(=O)c2cnc(Nc3c(F)cccc3F)nc2)cc1. The van der Waals surface area contributed by atoms with Crippen LogP contribution in [0.25, 0.3) is 0 Å². The third-order valence-corrected chi connectivity index (χ3v) is 3.58. The summed E-state index contributed by atoms with van der Waals surface area (Å²) in [5.41, 5.74) is 0.892. The molecule has 0 aliphatic rings. The first-order chi connectivity index (χ1) is 13.4. The first-order valence-corrected chi connectivity index (χ1v) is 8.14. The molecule has 3 rings (SSSR count). The van der Waals surface area contributed by atoms with Crippen molar-refractivity contribution in [1.29, 1.82) is 0 Å². The highest BCUT2D eigenvalue weighted by molar-refractivity contribution is 6.04. The molecule has 1 aromatic heterocycles. The zero-order chi connectivity index (χ0) is 20.1. The van der Waals surface area contributed by atoms with Crippen molar-refractivity contribution in [3.05, 3.63) is 72.1 Å². The van der Waals surface area contributed by atoms with Gasteiger partial charge in [-0.3, -0.25) is 9.59 Å². The van der Waals surface area contributed by atoms with Gasteiger partial charge in [0.2, 0.25) is 11.9 Å². The van der Waals surface area contributed by atoms with E-state index in [-0.39, 0.29) is 23.1 Å². The van der Waals surface area contributed by atoms with Gasteiger partial charge < -0.3 is 16.0 Å². The van der Waals surface area contributed by atoms with Crippen LogP contribution in [0.4, 0.5) is 31.8 Å². The summed E-state index contributed by atoms with van der Waals surface area (Å²) in [6, 6.07) is 9.98. The number of amides is 2. The maximum absolute atomic E-state index is 13.6. The second-order valence-corrected chi connectivity index (χ2v) is 5.73. The number of hydrogen-bond acceptors (Lipinski definition) is 5. The normalized spacial score (nSPS) is 10.2. The lowest BCUT2D eigenvalue weighted by Gasteiger charge is -2.08. The van der Waals surface area contributed by atoms with E-state index in [1.54, 1.807) is 24.3 Å². The van der Waals surface area contributed by atoms with Crippen LogP contribution in [0.15, 0.2) is 54.9 Å². The zero-order valence-corrected chi connectivity index (χ0v) is 14.7. The van der Waals surface area contributed by atoms with Crippen molar-refractivity contribution in [2.75, 3.05) is 16.0 Å². The summed E-state index contributed by atoms with van der Waals surface area (Å²) < 4.78 is 27.3. The highest BCUT2D eigenvalue weighted by Gasteiger charge is 2.12. The molecule has 0 aliphatic carbocycles. The number of benzene rings is 2. The molecule has 7 nitrogen and oxygen atoms in total. The molecule has 3 aromatic rings. The Hall–Kier alpha value is -3.88. The van der Waals surface area contributed by atoms with Crippen LogP contribution in [0, 0.1) is 11.6 Å². The summed E-state index contributed by atoms with van der Waals surface area (Å²) >= 11 is 0. The Morgan fingerprint density at radius 1 is 0.857 bits per heavy atom. The van der Waals surface area contributed by atoms with E-state index in [0.717, 1.165) is 12.1 Å². The molecule has 9 heteroatoms. The Balaban J connectivity index is 1.66. The largest absolute Gasteiger partial charge is 0.326 e. The minimum atomic E-state index is -0.784. The summed E-state index contributed by atoms with van der Waals surface area (Å²) in [5, 5.41) is 7.71. The van der Waals surface area contributed by atoms with Gasteiger partial charge in [0.15, 0.2) is 0 Å². The Labute approximate surface area is 158 Å². The number of hydrogen-bond donors (Lipinski definition) is 3. The Morgan fingerprint density at radius 2 is 1.39 bits per heavy atom. The fourth-order valence-electron chi connectivity index (χ4n) is 2.28. The van der Waals surface area contributed by atoms with Crippen LogP contribution < -0.4 is 16.0 Å². The van der Waals surface area contributed by atoms with E-state index >= 15 is 0 Å². The van der Waals surface area contributed by atoms with Crippen molar-refractivity contribution >= 4 is 34.8 Å². The second kappa shape index (κ2) is 8.21. The molecular weight excluding hydrogens is 368 g/mol. The van der Waals surface area contributed by atoms with Crippen LogP contribution in [0.2, 0.25) is 0 Å². The number of rotatable bonds is 5. The van der Waals surface area contributed by atoms with Crippen LogP contribution in [0.3, 0.4) is 0 Å². The fourth-order valence-corrected chi connectivity index (χ4v) is 2.28. The number of nitrogens with zero attached hydrogens (tertiary/aromatic N) is 2. The summed E-state index contributed by atoms with van der Waals surface area (Å²) in [6.07, 6.45) is 2.46. The van der Waals surface area contributed by atoms with Crippen LogP contribution in [0.5, 0.6) is 0 Å². The standard InChI is InChI=1S/C19H15F2N5O2/c1-11(27)24-13-5-7-14(8-6-13)25-18(28)12-9-22-19(23-10-12)26-17-15(20)3-2-4-16(17)21/h2-10H,1H3,(H,24,27)(H,25,28)(H,22,23,26). The number of aromatic nitrogens is 2. The van der Waals surface area contributed by atoms with E-state index in [9.17, 15) is 18.4 Å². The molecule has 0 saturated heterocycles. The molecule has 142 valence electrons. The van der Waals surface area contributed by atoms with Gasteiger partial charge >= 0.3 is 0 Å². The van der Waals surface area contributed by atoms with Crippen molar-refractivity contribution < 1.29 is 18.4 Å². The van der Waals surface area contributed by atoms with Crippen LogP contribution in [-0.2, 0) is 4.79 Å². The molecule has 1 heterocycles. The summed E-state index contributed by atoms with van der Waals surface area (Å²) in [6.45, 7) is 1.40. The van der Waals surface area contributed by atoms with E-state index in [4.69, 9.17) is 0 Å². The molecule has 2 amide bonds. The van der Waals surface area contributed by atoms with Gasteiger partial charge in [-0.25, -0.2) is 18.7 Å². The number of carbonyl (C=O) groups is 2. The molecule has 28 heavy (non-hydrogen) atoms. The third kappa shape index (κ3) is 4.64. The molecule has 0 spiro atoms. The predicted octanol–water partition coefficient (Wildman–Crippen LogP) is 3.71. The minimum Gasteiger partial charge on any atom is -0.326 e. The molecule has 0 unspecified atom stereocenters. The van der Waals surface area contributed by atoms with Gasteiger partial charge in [-0.15, -0.1) is 0 Å². The molecule has 3 N–H and O–H groups in total. The Kier molecular flexibility index (Phi) is 5.54. The third-order valence-electron chi connectivity index (χ3n) is 3.58.